The predicted molar refractivity (Wildman–Crippen MR) is 73.2 cm³/mol. The highest BCUT2D eigenvalue weighted by molar-refractivity contribution is 6.32. The van der Waals surface area contributed by atoms with E-state index in [-0.39, 0.29) is 5.75 Å². The molecule has 2 aromatic rings. The summed E-state index contributed by atoms with van der Waals surface area (Å²) in [6.45, 7) is 0.419. The molecular formula is C13H14ClF2N3O. The number of ether oxygens (including phenoxy) is 1. The lowest BCUT2D eigenvalue weighted by atomic mass is 10.1. The molecule has 0 amide bonds. The summed E-state index contributed by atoms with van der Waals surface area (Å²) in [5.41, 5.74) is 7.09. The third kappa shape index (κ3) is 3.68. The maximum Gasteiger partial charge on any atom is 0.272 e. The Labute approximate surface area is 120 Å². The van der Waals surface area contributed by atoms with E-state index in [2.05, 4.69) is 5.10 Å². The fourth-order valence-corrected chi connectivity index (χ4v) is 1.89. The number of hydrogen-bond donors (Lipinski definition) is 1. The van der Waals surface area contributed by atoms with Crippen LogP contribution >= 0.6 is 11.6 Å². The molecule has 0 saturated carbocycles. The van der Waals surface area contributed by atoms with Crippen molar-refractivity contribution in [3.63, 3.8) is 0 Å². The van der Waals surface area contributed by atoms with Crippen LogP contribution in [0, 0.1) is 0 Å². The Bertz CT molecular complexity index is 574. The van der Waals surface area contributed by atoms with Gasteiger partial charge < -0.3 is 10.5 Å². The van der Waals surface area contributed by atoms with E-state index in [1.54, 1.807) is 29.1 Å². The molecule has 0 spiro atoms. The Hall–Kier alpha value is -1.66. The van der Waals surface area contributed by atoms with Crippen LogP contribution in [0.5, 0.6) is 5.75 Å². The molecule has 0 fully saturated rings. The van der Waals surface area contributed by atoms with E-state index in [0.717, 1.165) is 11.1 Å². The topological polar surface area (TPSA) is 53.1 Å². The summed E-state index contributed by atoms with van der Waals surface area (Å²) in [5, 5.41) is 4.45. The first kappa shape index (κ1) is 14.7. The van der Waals surface area contributed by atoms with Gasteiger partial charge in [0.05, 0.1) is 17.8 Å². The molecule has 0 aliphatic carbocycles. The minimum Gasteiger partial charge on any atom is -0.486 e. The minimum absolute atomic E-state index is 0.232. The van der Waals surface area contributed by atoms with Crippen LogP contribution in [0.25, 0.3) is 11.1 Å². The highest BCUT2D eigenvalue weighted by atomic mass is 35.5. The van der Waals surface area contributed by atoms with Gasteiger partial charge in [-0.3, -0.25) is 4.68 Å². The smallest absolute Gasteiger partial charge is 0.272 e. The van der Waals surface area contributed by atoms with Crippen molar-refractivity contribution >= 4 is 11.6 Å². The molecule has 2 rings (SSSR count). The second kappa shape index (κ2) is 6.67. The van der Waals surface area contributed by atoms with Crippen LogP contribution in [0.15, 0.2) is 30.6 Å². The van der Waals surface area contributed by atoms with Gasteiger partial charge in [-0.05, 0) is 17.7 Å². The van der Waals surface area contributed by atoms with Crippen molar-refractivity contribution in [1.29, 1.82) is 0 Å². The van der Waals surface area contributed by atoms with Gasteiger partial charge in [-0.1, -0.05) is 17.7 Å². The van der Waals surface area contributed by atoms with Gasteiger partial charge in [0.15, 0.2) is 0 Å². The predicted octanol–water partition coefficient (Wildman–Crippen LogP) is 2.81. The zero-order chi connectivity index (χ0) is 14.5. The van der Waals surface area contributed by atoms with E-state index < -0.39 is 13.0 Å². The van der Waals surface area contributed by atoms with Crippen LogP contribution in [0.4, 0.5) is 8.78 Å². The number of halogens is 3. The number of alkyl halides is 2. The van der Waals surface area contributed by atoms with Crippen molar-refractivity contribution < 1.29 is 13.5 Å². The van der Waals surface area contributed by atoms with Crippen molar-refractivity contribution in [2.24, 2.45) is 5.73 Å². The van der Waals surface area contributed by atoms with Gasteiger partial charge in [0.1, 0.15) is 12.4 Å². The monoisotopic (exact) mass is 301 g/mol. The summed E-state index contributed by atoms with van der Waals surface area (Å²) in [6.07, 6.45) is 0.963. The fourth-order valence-electron chi connectivity index (χ4n) is 1.71. The Morgan fingerprint density at radius 1 is 1.35 bits per heavy atom. The van der Waals surface area contributed by atoms with E-state index in [0.29, 0.717) is 18.1 Å². The zero-order valence-electron chi connectivity index (χ0n) is 10.6. The number of nitrogens with zero attached hydrogens (tertiary/aromatic N) is 2. The molecule has 1 aromatic heterocycles. The number of aromatic nitrogens is 2. The molecule has 0 atom stereocenters. The van der Waals surface area contributed by atoms with Crippen molar-refractivity contribution in [2.75, 3.05) is 13.2 Å². The van der Waals surface area contributed by atoms with Crippen LogP contribution in [0.2, 0.25) is 5.02 Å². The van der Waals surface area contributed by atoms with Gasteiger partial charge in [0.25, 0.3) is 6.43 Å². The second-order valence-electron chi connectivity index (χ2n) is 4.13. The average molecular weight is 302 g/mol. The van der Waals surface area contributed by atoms with Gasteiger partial charge in [0.2, 0.25) is 0 Å². The van der Waals surface area contributed by atoms with Crippen LogP contribution in [-0.4, -0.2) is 29.4 Å². The van der Waals surface area contributed by atoms with E-state index in [9.17, 15) is 8.78 Å². The quantitative estimate of drug-likeness (QED) is 0.892. The molecule has 1 heterocycles. The Kier molecular flexibility index (Phi) is 4.92. The molecule has 0 aliphatic rings. The lowest BCUT2D eigenvalue weighted by Gasteiger charge is -2.08. The number of rotatable bonds is 6. The van der Waals surface area contributed by atoms with Crippen molar-refractivity contribution in [3.05, 3.63) is 35.6 Å². The number of hydrogen-bond acceptors (Lipinski definition) is 3. The summed E-state index contributed by atoms with van der Waals surface area (Å²) < 4.78 is 31.0. The summed E-state index contributed by atoms with van der Waals surface area (Å²) in [4.78, 5) is 0. The highest BCUT2D eigenvalue weighted by Crippen LogP contribution is 2.30. The maximum absolute atomic E-state index is 12.2. The third-order valence-corrected chi connectivity index (χ3v) is 2.93. The summed E-state index contributed by atoms with van der Waals surface area (Å²) >= 11 is 5.91. The van der Waals surface area contributed by atoms with Crippen LogP contribution < -0.4 is 10.5 Å². The summed E-state index contributed by atoms with van der Waals surface area (Å²) in [6, 6.07) is 5.01. The molecule has 20 heavy (non-hydrogen) atoms. The molecule has 0 radical (unpaired) electrons. The van der Waals surface area contributed by atoms with E-state index >= 15 is 0 Å². The molecule has 4 nitrogen and oxygen atoms in total. The molecule has 7 heteroatoms. The van der Waals surface area contributed by atoms with Crippen molar-refractivity contribution in [3.8, 4) is 16.9 Å². The van der Waals surface area contributed by atoms with Gasteiger partial charge in [0, 0.05) is 18.3 Å². The number of benzene rings is 1. The second-order valence-corrected chi connectivity index (χ2v) is 4.54. The van der Waals surface area contributed by atoms with E-state index in [1.807, 2.05) is 6.20 Å². The van der Waals surface area contributed by atoms with Crippen LogP contribution in [0.3, 0.4) is 0 Å². The van der Waals surface area contributed by atoms with Gasteiger partial charge in [-0.25, -0.2) is 8.78 Å². The summed E-state index contributed by atoms with van der Waals surface area (Å²) in [7, 11) is 0. The van der Waals surface area contributed by atoms with Crippen molar-refractivity contribution in [2.45, 2.75) is 13.0 Å². The zero-order valence-corrected chi connectivity index (χ0v) is 11.4. The van der Waals surface area contributed by atoms with Crippen molar-refractivity contribution in [1.82, 2.24) is 9.78 Å². The molecular weight excluding hydrogens is 288 g/mol. The number of nitrogens with two attached hydrogens (primary N) is 1. The standard InChI is InChI=1S/C13H14ClF2N3O/c14-11-2-1-9(5-12(11)20-8-13(15)16)10-6-18-19(7-10)4-3-17/h1-2,5-7,13H,3-4,8,17H2. The summed E-state index contributed by atoms with van der Waals surface area (Å²) in [5.74, 6) is 0.232. The average Bonchev–Trinajstić information content (AvgIpc) is 2.87. The molecule has 0 unspecified atom stereocenters. The lowest BCUT2D eigenvalue weighted by molar-refractivity contribution is 0.0820. The van der Waals surface area contributed by atoms with E-state index in [1.165, 1.54) is 0 Å². The van der Waals surface area contributed by atoms with E-state index in [4.69, 9.17) is 22.1 Å². The molecule has 0 aliphatic heterocycles. The van der Waals surface area contributed by atoms with Gasteiger partial charge in [-0.15, -0.1) is 0 Å². The normalized spacial score (nSPS) is 11.1. The van der Waals surface area contributed by atoms with Crippen LogP contribution in [0.1, 0.15) is 0 Å². The first-order chi connectivity index (χ1) is 9.60. The largest absolute Gasteiger partial charge is 0.486 e. The molecule has 0 saturated heterocycles. The van der Waals surface area contributed by atoms with Gasteiger partial charge in [-0.2, -0.15) is 5.10 Å². The first-order valence-electron chi connectivity index (χ1n) is 6.03. The Morgan fingerprint density at radius 3 is 2.85 bits per heavy atom. The highest BCUT2D eigenvalue weighted by Gasteiger charge is 2.09. The van der Waals surface area contributed by atoms with Gasteiger partial charge >= 0.3 is 0 Å². The maximum atomic E-state index is 12.2. The Balaban J connectivity index is 2.20. The molecule has 2 N–H and O–H groups in total. The molecule has 1 aromatic carbocycles. The minimum atomic E-state index is -2.54. The fraction of sp³-hybridized carbons (Fsp3) is 0.308. The molecule has 108 valence electrons. The third-order valence-electron chi connectivity index (χ3n) is 2.62. The SMILES string of the molecule is NCCn1cc(-c2ccc(Cl)c(OCC(F)F)c2)cn1. The Morgan fingerprint density at radius 2 is 2.15 bits per heavy atom. The molecule has 0 bridgehead atoms. The lowest BCUT2D eigenvalue weighted by Crippen LogP contribution is -2.09. The first-order valence-corrected chi connectivity index (χ1v) is 6.41. The van der Waals surface area contributed by atoms with Crippen LogP contribution in [-0.2, 0) is 6.54 Å².